The minimum atomic E-state index is -0.0990. The molecule has 0 saturated carbocycles. The van der Waals surface area contributed by atoms with E-state index in [9.17, 15) is 0 Å². The minimum absolute atomic E-state index is 0.0990. The summed E-state index contributed by atoms with van der Waals surface area (Å²) < 4.78 is 5.12. The molecule has 0 spiro atoms. The van der Waals surface area contributed by atoms with Gasteiger partial charge in [-0.1, -0.05) is 0 Å². The lowest BCUT2D eigenvalue weighted by Crippen LogP contribution is -2.76. The second kappa shape index (κ2) is 2.64. The lowest BCUT2D eigenvalue weighted by atomic mass is 9.93. The molecule has 1 fully saturated rings. The van der Waals surface area contributed by atoms with Crippen molar-refractivity contribution in [2.24, 2.45) is 0 Å². The van der Waals surface area contributed by atoms with Crippen LogP contribution in [0, 0.1) is 0 Å². The van der Waals surface area contributed by atoms with Crippen molar-refractivity contribution in [3.8, 4) is 0 Å². The Balaban J connectivity index is 2.37. The van der Waals surface area contributed by atoms with Crippen LogP contribution >= 0.6 is 0 Å². The standard InChI is InChI=1S/C6H13NO2/c7-6(5-8)1-3-9-4-2-6/h8H,1-5,7H2/p+1. The molecule has 0 aliphatic carbocycles. The lowest BCUT2D eigenvalue weighted by Gasteiger charge is -2.27. The Morgan fingerprint density at radius 2 is 2.00 bits per heavy atom. The van der Waals surface area contributed by atoms with Crippen LogP contribution in [0.1, 0.15) is 12.8 Å². The van der Waals surface area contributed by atoms with Crippen molar-refractivity contribution < 1.29 is 15.6 Å². The molecule has 1 saturated heterocycles. The number of aliphatic hydroxyl groups is 1. The number of ether oxygens (including phenoxy) is 1. The summed E-state index contributed by atoms with van der Waals surface area (Å²) in [6.07, 6.45) is 1.78. The summed E-state index contributed by atoms with van der Waals surface area (Å²) in [5.74, 6) is 0. The van der Waals surface area contributed by atoms with Crippen LogP contribution in [-0.2, 0) is 4.74 Å². The van der Waals surface area contributed by atoms with Crippen molar-refractivity contribution in [2.45, 2.75) is 18.4 Å². The first-order chi connectivity index (χ1) is 4.27. The van der Waals surface area contributed by atoms with Gasteiger partial charge in [0, 0.05) is 12.8 Å². The van der Waals surface area contributed by atoms with Crippen LogP contribution in [0.3, 0.4) is 0 Å². The van der Waals surface area contributed by atoms with Gasteiger partial charge in [0.25, 0.3) is 0 Å². The number of aliphatic hydroxyl groups excluding tert-OH is 1. The smallest absolute Gasteiger partial charge is 0.122 e. The molecule has 3 nitrogen and oxygen atoms in total. The summed E-state index contributed by atoms with van der Waals surface area (Å²) in [7, 11) is 0. The second-order valence-electron chi connectivity index (χ2n) is 2.77. The number of hydrogen-bond donors (Lipinski definition) is 2. The van der Waals surface area contributed by atoms with Crippen molar-refractivity contribution in [1.82, 2.24) is 0 Å². The lowest BCUT2D eigenvalue weighted by molar-refractivity contribution is -0.494. The van der Waals surface area contributed by atoms with Gasteiger partial charge in [-0.25, -0.2) is 0 Å². The highest BCUT2D eigenvalue weighted by molar-refractivity contribution is 4.77. The van der Waals surface area contributed by atoms with Crippen molar-refractivity contribution in [3.05, 3.63) is 0 Å². The fourth-order valence-electron chi connectivity index (χ4n) is 0.963. The first-order valence-electron chi connectivity index (χ1n) is 3.31. The van der Waals surface area contributed by atoms with Gasteiger partial charge >= 0.3 is 0 Å². The Hall–Kier alpha value is -0.120. The molecule has 0 bridgehead atoms. The van der Waals surface area contributed by atoms with Crippen LogP contribution in [-0.4, -0.2) is 30.5 Å². The van der Waals surface area contributed by atoms with Gasteiger partial charge in [0.1, 0.15) is 5.54 Å². The van der Waals surface area contributed by atoms with E-state index in [0.717, 1.165) is 26.1 Å². The van der Waals surface area contributed by atoms with Crippen molar-refractivity contribution in [1.29, 1.82) is 0 Å². The summed E-state index contributed by atoms with van der Waals surface area (Å²) in [5, 5.41) is 8.83. The molecular weight excluding hydrogens is 118 g/mol. The van der Waals surface area contributed by atoms with E-state index >= 15 is 0 Å². The quantitative estimate of drug-likeness (QED) is 0.469. The van der Waals surface area contributed by atoms with E-state index in [1.54, 1.807) is 0 Å². The van der Waals surface area contributed by atoms with Gasteiger partial charge in [-0.15, -0.1) is 0 Å². The van der Waals surface area contributed by atoms with E-state index < -0.39 is 0 Å². The minimum Gasteiger partial charge on any atom is -0.390 e. The molecule has 0 aromatic carbocycles. The molecule has 0 aromatic rings. The van der Waals surface area contributed by atoms with Gasteiger partial charge in [0.2, 0.25) is 0 Å². The monoisotopic (exact) mass is 132 g/mol. The van der Waals surface area contributed by atoms with Crippen LogP contribution < -0.4 is 5.73 Å². The van der Waals surface area contributed by atoms with Crippen molar-refractivity contribution in [3.63, 3.8) is 0 Å². The van der Waals surface area contributed by atoms with Gasteiger partial charge in [-0.05, 0) is 0 Å². The SMILES string of the molecule is [NH3+]C1(CO)CCOCC1. The maximum Gasteiger partial charge on any atom is 0.122 e. The molecule has 1 heterocycles. The van der Waals surface area contributed by atoms with Crippen molar-refractivity contribution >= 4 is 0 Å². The molecule has 0 amide bonds. The molecule has 3 heteroatoms. The van der Waals surface area contributed by atoms with E-state index in [0.29, 0.717) is 0 Å². The molecule has 0 atom stereocenters. The van der Waals surface area contributed by atoms with Crippen LogP contribution in [0.2, 0.25) is 0 Å². The topological polar surface area (TPSA) is 57.1 Å². The van der Waals surface area contributed by atoms with Gasteiger partial charge in [-0.2, -0.15) is 0 Å². The summed E-state index contributed by atoms with van der Waals surface area (Å²) in [4.78, 5) is 0. The fourth-order valence-corrected chi connectivity index (χ4v) is 0.963. The van der Waals surface area contributed by atoms with E-state index in [1.807, 2.05) is 0 Å². The van der Waals surface area contributed by atoms with Crippen molar-refractivity contribution in [2.75, 3.05) is 19.8 Å². The summed E-state index contributed by atoms with van der Waals surface area (Å²) in [6, 6.07) is 0. The molecule has 4 N–H and O–H groups in total. The molecule has 1 rings (SSSR count). The Morgan fingerprint density at radius 1 is 1.44 bits per heavy atom. The Kier molecular flexibility index (Phi) is 2.05. The predicted octanol–water partition coefficient (Wildman–Crippen LogP) is -1.23. The molecule has 54 valence electrons. The zero-order chi connectivity index (χ0) is 6.74. The summed E-state index contributed by atoms with van der Waals surface area (Å²) >= 11 is 0. The van der Waals surface area contributed by atoms with Gasteiger partial charge in [-0.3, -0.25) is 0 Å². The molecule has 1 aliphatic heterocycles. The predicted molar refractivity (Wildman–Crippen MR) is 32.8 cm³/mol. The first kappa shape index (κ1) is 6.99. The molecule has 0 aromatic heterocycles. The average molecular weight is 132 g/mol. The summed E-state index contributed by atoms with van der Waals surface area (Å²) in [5.41, 5.74) is 3.82. The number of hydrogen-bond acceptors (Lipinski definition) is 2. The Labute approximate surface area is 54.8 Å². The van der Waals surface area contributed by atoms with E-state index in [2.05, 4.69) is 5.73 Å². The largest absolute Gasteiger partial charge is 0.390 e. The molecule has 0 radical (unpaired) electrons. The number of quaternary nitrogens is 1. The third-order valence-corrected chi connectivity index (χ3v) is 1.89. The van der Waals surface area contributed by atoms with E-state index in [1.165, 1.54) is 0 Å². The zero-order valence-corrected chi connectivity index (χ0v) is 5.60. The highest BCUT2D eigenvalue weighted by Crippen LogP contribution is 2.13. The third kappa shape index (κ3) is 1.64. The first-order valence-corrected chi connectivity index (χ1v) is 3.31. The maximum absolute atomic E-state index is 8.83. The third-order valence-electron chi connectivity index (χ3n) is 1.89. The molecule has 0 unspecified atom stereocenters. The zero-order valence-electron chi connectivity index (χ0n) is 5.60. The van der Waals surface area contributed by atoms with E-state index in [-0.39, 0.29) is 12.1 Å². The number of rotatable bonds is 1. The van der Waals surface area contributed by atoms with Gasteiger partial charge < -0.3 is 15.6 Å². The second-order valence-corrected chi connectivity index (χ2v) is 2.77. The van der Waals surface area contributed by atoms with Crippen LogP contribution in [0.25, 0.3) is 0 Å². The van der Waals surface area contributed by atoms with E-state index in [4.69, 9.17) is 9.84 Å². The Bertz CT molecular complexity index is 89.1. The Morgan fingerprint density at radius 3 is 2.33 bits per heavy atom. The summed E-state index contributed by atoms with van der Waals surface area (Å²) in [6.45, 7) is 1.70. The van der Waals surface area contributed by atoms with Crippen LogP contribution in [0.15, 0.2) is 0 Å². The molecular formula is C6H14NO2+. The average Bonchev–Trinajstić information content (AvgIpc) is 1.90. The van der Waals surface area contributed by atoms with Gasteiger partial charge in [0.15, 0.2) is 0 Å². The normalized spacial score (nSPS) is 26.0. The molecule has 9 heavy (non-hydrogen) atoms. The maximum atomic E-state index is 8.83. The highest BCUT2D eigenvalue weighted by Gasteiger charge is 2.30. The molecule has 1 aliphatic rings. The highest BCUT2D eigenvalue weighted by atomic mass is 16.5. The fraction of sp³-hybridized carbons (Fsp3) is 1.00. The van der Waals surface area contributed by atoms with Crippen LogP contribution in [0.4, 0.5) is 0 Å². The van der Waals surface area contributed by atoms with Crippen LogP contribution in [0.5, 0.6) is 0 Å². The van der Waals surface area contributed by atoms with Gasteiger partial charge in [0.05, 0.1) is 19.8 Å².